The number of hydrogen-bond donors (Lipinski definition) is 4. The third-order valence-electron chi connectivity index (χ3n) is 7.29. The van der Waals surface area contributed by atoms with E-state index in [0.29, 0.717) is 38.6 Å². The minimum Gasteiger partial charge on any atom is -0.379 e. The van der Waals surface area contributed by atoms with E-state index < -0.39 is 5.82 Å². The molecule has 4 heterocycles. The molecule has 0 spiro atoms. The molecule has 2 aliphatic heterocycles. The van der Waals surface area contributed by atoms with Gasteiger partial charge in [0.25, 0.3) is 0 Å². The number of hydrogen-bond acceptors (Lipinski definition) is 11. The maximum Gasteiger partial charge on any atom is 0.141 e. The molecular weight excluding hydrogens is 624 g/mol. The van der Waals surface area contributed by atoms with Crippen molar-refractivity contribution in [1.29, 1.82) is 10.5 Å². The molecule has 224 valence electrons. The van der Waals surface area contributed by atoms with Crippen molar-refractivity contribution >= 4 is 62.5 Å². The van der Waals surface area contributed by atoms with Gasteiger partial charge in [-0.3, -0.25) is 14.9 Å². The van der Waals surface area contributed by atoms with Crippen LogP contribution < -0.4 is 21.6 Å². The van der Waals surface area contributed by atoms with E-state index in [4.69, 9.17) is 27.9 Å². The number of thiophene rings is 1. The van der Waals surface area contributed by atoms with E-state index in [2.05, 4.69) is 43.6 Å². The van der Waals surface area contributed by atoms with E-state index in [0.717, 1.165) is 50.0 Å². The van der Waals surface area contributed by atoms with E-state index in [1.165, 1.54) is 35.7 Å². The highest BCUT2D eigenvalue weighted by molar-refractivity contribution is 7.10. The Balaban J connectivity index is 1.33. The molecule has 0 unspecified atom stereocenters. The van der Waals surface area contributed by atoms with Crippen LogP contribution in [0.2, 0.25) is 10.0 Å². The van der Waals surface area contributed by atoms with E-state index in [1.54, 1.807) is 6.07 Å². The summed E-state index contributed by atoms with van der Waals surface area (Å²) in [5.74, 6) is -0.546. The molecule has 2 aromatic heterocycles. The Morgan fingerprint density at radius 3 is 2.64 bits per heavy atom. The summed E-state index contributed by atoms with van der Waals surface area (Å²) in [6.45, 7) is 4.93. The Bertz CT molecular complexity index is 1810. The molecule has 1 atom stereocenters. The molecule has 0 bridgehead atoms. The van der Waals surface area contributed by atoms with Gasteiger partial charge in [0.1, 0.15) is 24.0 Å². The largest absolute Gasteiger partial charge is 0.379 e. The Labute approximate surface area is 267 Å². The number of anilines is 3. The lowest BCUT2D eigenvalue weighted by molar-refractivity contribution is 0.0334. The standard InChI is InChI=1S/C30H26Cl2FN9OS/c31-23-11-20(1-2-25(23)33)37-28-19(14-35)15-36-29-22(28)10-21(12-24(29)32)38-30(27-9-18(13-34)17-44-27)26-16-42(40-39-26)4-3-41-5-7-43-8-6-41/h1-2,9-12,15-17,30,38-40H,3-8H2,(H,36,37)/t30-/m1/s1. The van der Waals surface area contributed by atoms with Crippen molar-refractivity contribution in [3.8, 4) is 12.1 Å². The number of benzene rings is 2. The fraction of sp³-hybridized carbons (Fsp3) is 0.233. The van der Waals surface area contributed by atoms with Crippen LogP contribution in [0.5, 0.6) is 0 Å². The van der Waals surface area contributed by atoms with Gasteiger partial charge in [-0.1, -0.05) is 23.2 Å². The molecule has 44 heavy (non-hydrogen) atoms. The summed E-state index contributed by atoms with van der Waals surface area (Å²) in [5.41, 5.74) is 10.3. The number of aromatic nitrogens is 1. The number of nitriles is 2. The summed E-state index contributed by atoms with van der Waals surface area (Å²) in [4.78, 5) is 7.70. The summed E-state index contributed by atoms with van der Waals surface area (Å²) in [7, 11) is 0. The van der Waals surface area contributed by atoms with Crippen LogP contribution in [-0.4, -0.2) is 54.3 Å². The predicted octanol–water partition coefficient (Wildman–Crippen LogP) is 5.88. The molecule has 1 saturated heterocycles. The molecular formula is C30H26Cl2FN9OS. The summed E-state index contributed by atoms with van der Waals surface area (Å²) < 4.78 is 19.3. The zero-order valence-electron chi connectivity index (χ0n) is 23.2. The third-order valence-corrected chi connectivity index (χ3v) is 8.86. The fourth-order valence-corrected chi connectivity index (χ4v) is 6.37. The van der Waals surface area contributed by atoms with Crippen molar-refractivity contribution in [2.24, 2.45) is 0 Å². The van der Waals surface area contributed by atoms with Gasteiger partial charge in [-0.25, -0.2) is 4.39 Å². The van der Waals surface area contributed by atoms with Crippen LogP contribution in [0.1, 0.15) is 22.0 Å². The highest BCUT2D eigenvalue weighted by atomic mass is 35.5. The van der Waals surface area contributed by atoms with Gasteiger partial charge in [0.05, 0.1) is 51.3 Å². The Morgan fingerprint density at radius 2 is 1.89 bits per heavy atom. The lowest BCUT2D eigenvalue weighted by Crippen LogP contribution is -2.44. The summed E-state index contributed by atoms with van der Waals surface area (Å²) in [6.07, 6.45) is 3.45. The van der Waals surface area contributed by atoms with Gasteiger partial charge in [0.15, 0.2) is 0 Å². The van der Waals surface area contributed by atoms with Crippen molar-refractivity contribution in [3.63, 3.8) is 0 Å². The molecule has 14 heteroatoms. The molecule has 0 radical (unpaired) electrons. The minimum absolute atomic E-state index is 0.0484. The zero-order chi connectivity index (χ0) is 30.6. The molecule has 2 aliphatic rings. The highest BCUT2D eigenvalue weighted by Crippen LogP contribution is 2.38. The molecule has 0 saturated carbocycles. The first-order valence-corrected chi connectivity index (χ1v) is 15.3. The number of nitrogens with zero attached hydrogens (tertiary/aromatic N) is 5. The first-order valence-electron chi connectivity index (χ1n) is 13.7. The molecule has 10 nitrogen and oxygen atoms in total. The van der Waals surface area contributed by atoms with Crippen molar-refractivity contribution < 1.29 is 9.13 Å². The summed E-state index contributed by atoms with van der Waals surface area (Å²) in [5, 5.41) is 30.9. The zero-order valence-corrected chi connectivity index (χ0v) is 25.5. The maximum atomic E-state index is 13.8. The third kappa shape index (κ3) is 6.51. The van der Waals surface area contributed by atoms with Gasteiger partial charge >= 0.3 is 0 Å². The van der Waals surface area contributed by atoms with Crippen molar-refractivity contribution in [1.82, 2.24) is 25.9 Å². The summed E-state index contributed by atoms with van der Waals surface area (Å²) >= 11 is 14.2. The lowest BCUT2D eigenvalue weighted by atomic mass is 10.1. The molecule has 2 aromatic carbocycles. The number of hydrazine groups is 2. The first-order chi connectivity index (χ1) is 21.4. The van der Waals surface area contributed by atoms with Gasteiger partial charge < -0.3 is 20.8 Å². The smallest absolute Gasteiger partial charge is 0.141 e. The molecule has 4 N–H and O–H groups in total. The molecule has 0 amide bonds. The topological polar surface area (TPSA) is 124 Å². The number of ether oxygens (including phenoxy) is 1. The van der Waals surface area contributed by atoms with Crippen LogP contribution in [0.3, 0.4) is 0 Å². The predicted molar refractivity (Wildman–Crippen MR) is 170 cm³/mol. The van der Waals surface area contributed by atoms with Gasteiger partial charge in [-0.2, -0.15) is 10.5 Å². The Morgan fingerprint density at radius 1 is 1.07 bits per heavy atom. The second kappa shape index (κ2) is 13.2. The van der Waals surface area contributed by atoms with Gasteiger partial charge in [-0.05, 0) is 36.4 Å². The normalized spacial score (nSPS) is 15.8. The van der Waals surface area contributed by atoms with Crippen LogP contribution in [-0.2, 0) is 4.74 Å². The number of morpholine rings is 1. The maximum absolute atomic E-state index is 13.8. The van der Waals surface area contributed by atoms with Gasteiger partial charge in [0, 0.05) is 65.6 Å². The van der Waals surface area contributed by atoms with Crippen LogP contribution >= 0.6 is 34.5 Å². The monoisotopic (exact) mass is 649 g/mol. The molecule has 1 fully saturated rings. The molecule has 6 rings (SSSR count). The number of fused-ring (bicyclic) bond motifs is 1. The van der Waals surface area contributed by atoms with E-state index in [1.807, 2.05) is 28.7 Å². The number of nitrogens with one attached hydrogen (secondary N) is 4. The van der Waals surface area contributed by atoms with E-state index in [-0.39, 0.29) is 16.6 Å². The molecule has 0 aliphatic carbocycles. The minimum atomic E-state index is -0.546. The lowest BCUT2D eigenvalue weighted by Gasteiger charge is -2.28. The number of rotatable bonds is 9. The summed E-state index contributed by atoms with van der Waals surface area (Å²) in [6, 6.07) is 13.7. The quantitative estimate of drug-likeness (QED) is 0.175. The van der Waals surface area contributed by atoms with Crippen LogP contribution in [0.25, 0.3) is 10.9 Å². The Kier molecular flexibility index (Phi) is 9.00. The van der Waals surface area contributed by atoms with Crippen molar-refractivity contribution in [3.05, 3.63) is 91.7 Å². The van der Waals surface area contributed by atoms with Crippen LogP contribution in [0, 0.1) is 28.5 Å². The Hall–Kier alpha value is -4.14. The fourth-order valence-electron chi connectivity index (χ4n) is 5.02. The van der Waals surface area contributed by atoms with Gasteiger partial charge in [0.2, 0.25) is 0 Å². The average Bonchev–Trinajstić information content (AvgIpc) is 3.72. The molecule has 4 aromatic rings. The van der Waals surface area contributed by atoms with E-state index in [9.17, 15) is 14.9 Å². The van der Waals surface area contributed by atoms with Crippen molar-refractivity contribution in [2.75, 3.05) is 50.0 Å². The highest BCUT2D eigenvalue weighted by Gasteiger charge is 2.25. The van der Waals surface area contributed by atoms with E-state index >= 15 is 0 Å². The number of pyridine rings is 1. The second-order valence-corrected chi connectivity index (χ2v) is 11.9. The van der Waals surface area contributed by atoms with Crippen LogP contribution in [0.4, 0.5) is 21.5 Å². The van der Waals surface area contributed by atoms with Crippen LogP contribution in [0.15, 0.2) is 59.9 Å². The van der Waals surface area contributed by atoms with Crippen molar-refractivity contribution in [2.45, 2.75) is 6.04 Å². The second-order valence-electron chi connectivity index (χ2n) is 10.2. The number of halogens is 3. The first kappa shape index (κ1) is 29.9. The van der Waals surface area contributed by atoms with Gasteiger partial charge in [-0.15, -0.1) is 16.9 Å². The average molecular weight is 651 g/mol. The SMILES string of the molecule is N#Cc1csc([C@H](Nc2cc(Cl)c3ncc(C#N)c(Nc4ccc(F)c(Cl)c4)c3c2)C2=CN(CCN3CCOCC3)NN2)c1.